The second-order valence-electron chi connectivity index (χ2n) is 9.18. The highest BCUT2D eigenvalue weighted by Crippen LogP contribution is 2.30. The van der Waals surface area contributed by atoms with Crippen LogP contribution < -0.4 is 10.2 Å². The number of benzene rings is 1. The van der Waals surface area contributed by atoms with E-state index in [9.17, 15) is 5.11 Å². The summed E-state index contributed by atoms with van der Waals surface area (Å²) in [7, 11) is 0. The molecule has 9 heteroatoms. The summed E-state index contributed by atoms with van der Waals surface area (Å²) in [5.74, 6) is 1.73. The first-order chi connectivity index (χ1) is 16.7. The zero-order chi connectivity index (χ0) is 23.1. The van der Waals surface area contributed by atoms with Gasteiger partial charge in [-0.3, -0.25) is 0 Å². The molecular weight excluding hydrogens is 430 g/mol. The third kappa shape index (κ3) is 3.84. The van der Waals surface area contributed by atoms with E-state index in [4.69, 9.17) is 24.8 Å². The number of aliphatic hydroxyl groups is 1. The number of anilines is 2. The van der Waals surface area contributed by atoms with E-state index < -0.39 is 0 Å². The Labute approximate surface area is 197 Å². The summed E-state index contributed by atoms with van der Waals surface area (Å²) in [5.41, 5.74) is 4.78. The molecule has 6 rings (SSSR count). The molecular formula is C25H29N7O2. The van der Waals surface area contributed by atoms with Crippen LogP contribution in [0.1, 0.15) is 31.4 Å². The van der Waals surface area contributed by atoms with Gasteiger partial charge in [-0.05, 0) is 44.7 Å². The second-order valence-corrected chi connectivity index (χ2v) is 9.18. The lowest BCUT2D eigenvalue weighted by atomic mass is 10.1. The van der Waals surface area contributed by atoms with Crippen molar-refractivity contribution in [3.8, 4) is 11.4 Å². The number of rotatable bonds is 5. The summed E-state index contributed by atoms with van der Waals surface area (Å²) in [4.78, 5) is 16.7. The number of fused-ring (bicyclic) bond motifs is 2. The van der Waals surface area contributed by atoms with Crippen LogP contribution in [0.25, 0.3) is 28.1 Å². The Kier molecular flexibility index (Phi) is 5.50. The summed E-state index contributed by atoms with van der Waals surface area (Å²) >= 11 is 0. The molecule has 34 heavy (non-hydrogen) atoms. The molecule has 0 spiro atoms. The second kappa shape index (κ2) is 8.81. The van der Waals surface area contributed by atoms with Crippen LogP contribution in [0.2, 0.25) is 0 Å². The highest BCUT2D eigenvalue weighted by molar-refractivity contribution is 5.78. The smallest absolute Gasteiger partial charge is 0.160 e. The fourth-order valence-corrected chi connectivity index (χ4v) is 5.05. The molecule has 0 aliphatic carbocycles. The number of aryl methyl sites for hydroxylation is 1. The topological polar surface area (TPSA) is 101 Å². The summed E-state index contributed by atoms with van der Waals surface area (Å²) in [5, 5.41) is 18.4. The van der Waals surface area contributed by atoms with Crippen molar-refractivity contribution in [3.63, 3.8) is 0 Å². The van der Waals surface area contributed by atoms with E-state index in [1.807, 2.05) is 47.8 Å². The third-order valence-corrected chi connectivity index (χ3v) is 6.80. The molecule has 9 nitrogen and oxygen atoms in total. The molecule has 2 aliphatic rings. The average molecular weight is 460 g/mol. The van der Waals surface area contributed by atoms with E-state index in [-0.39, 0.29) is 18.7 Å². The fraction of sp³-hybridized carbons (Fsp3) is 0.440. The number of nitrogens with zero attached hydrogens (tertiary/aromatic N) is 6. The van der Waals surface area contributed by atoms with Gasteiger partial charge in [-0.15, -0.1) is 0 Å². The fourth-order valence-electron chi connectivity index (χ4n) is 5.05. The Balaban J connectivity index is 1.46. The van der Waals surface area contributed by atoms with Crippen LogP contribution in [0.4, 0.5) is 11.6 Å². The van der Waals surface area contributed by atoms with Gasteiger partial charge in [0, 0.05) is 25.3 Å². The van der Waals surface area contributed by atoms with Crippen LogP contribution in [0.5, 0.6) is 0 Å². The lowest BCUT2D eigenvalue weighted by Gasteiger charge is -2.27. The van der Waals surface area contributed by atoms with Crippen molar-refractivity contribution in [3.05, 3.63) is 42.1 Å². The molecule has 1 aromatic carbocycles. The normalized spacial score (nSPS) is 20.9. The van der Waals surface area contributed by atoms with Crippen molar-refractivity contribution in [1.82, 2.24) is 24.6 Å². The molecule has 2 atom stereocenters. The monoisotopic (exact) mass is 459 g/mol. The van der Waals surface area contributed by atoms with Gasteiger partial charge in [0.05, 0.1) is 42.0 Å². The third-order valence-electron chi connectivity index (χ3n) is 6.80. The first kappa shape index (κ1) is 21.2. The van der Waals surface area contributed by atoms with E-state index in [0.717, 1.165) is 84.2 Å². The summed E-state index contributed by atoms with van der Waals surface area (Å²) in [6.07, 6.45) is 4.10. The number of hydrogen-bond donors (Lipinski definition) is 2. The van der Waals surface area contributed by atoms with Gasteiger partial charge in [0.2, 0.25) is 0 Å². The van der Waals surface area contributed by atoms with Crippen LogP contribution >= 0.6 is 0 Å². The minimum Gasteiger partial charge on any atom is -0.394 e. The highest BCUT2D eigenvalue weighted by Gasteiger charge is 2.27. The van der Waals surface area contributed by atoms with Crippen molar-refractivity contribution in [2.24, 2.45) is 0 Å². The van der Waals surface area contributed by atoms with Crippen LogP contribution in [0, 0.1) is 6.92 Å². The molecule has 0 bridgehead atoms. The van der Waals surface area contributed by atoms with E-state index >= 15 is 0 Å². The number of para-hydroxylation sites is 2. The Morgan fingerprint density at radius 2 is 1.94 bits per heavy atom. The van der Waals surface area contributed by atoms with Gasteiger partial charge in [0.15, 0.2) is 5.65 Å². The van der Waals surface area contributed by atoms with Gasteiger partial charge in [0.25, 0.3) is 0 Å². The maximum Gasteiger partial charge on any atom is 0.160 e. The number of hydrogen-bond acceptors (Lipinski definition) is 8. The zero-order valence-electron chi connectivity index (χ0n) is 19.3. The Bertz CT molecular complexity index is 1330. The van der Waals surface area contributed by atoms with Crippen LogP contribution in [0.3, 0.4) is 0 Å². The number of aromatic nitrogens is 5. The SMILES string of the molecule is Cc1nc2ccccc2nc1-c1cc2nc(N3CCCC3CO)cc(N[C@@H]3CCCOC3)n2n1. The number of ether oxygens (including phenoxy) is 1. The molecule has 2 aliphatic heterocycles. The lowest BCUT2D eigenvalue weighted by Crippen LogP contribution is -2.34. The van der Waals surface area contributed by atoms with Crippen LogP contribution in [-0.4, -0.2) is 68.1 Å². The predicted molar refractivity (Wildman–Crippen MR) is 131 cm³/mol. The zero-order valence-corrected chi connectivity index (χ0v) is 19.3. The Morgan fingerprint density at radius 1 is 1.09 bits per heavy atom. The predicted octanol–water partition coefficient (Wildman–Crippen LogP) is 3.20. The van der Waals surface area contributed by atoms with Gasteiger partial charge in [-0.1, -0.05) is 12.1 Å². The average Bonchev–Trinajstić information content (AvgIpc) is 3.51. The van der Waals surface area contributed by atoms with Crippen LogP contribution in [0.15, 0.2) is 36.4 Å². The molecule has 2 fully saturated rings. The van der Waals surface area contributed by atoms with Crippen LogP contribution in [-0.2, 0) is 4.74 Å². The van der Waals surface area contributed by atoms with Crippen molar-refractivity contribution >= 4 is 28.3 Å². The largest absolute Gasteiger partial charge is 0.394 e. The molecule has 2 saturated heterocycles. The summed E-state index contributed by atoms with van der Waals surface area (Å²) in [6.45, 7) is 4.46. The van der Waals surface area contributed by atoms with Gasteiger partial charge >= 0.3 is 0 Å². The minimum atomic E-state index is 0.0943. The molecule has 0 amide bonds. The number of aliphatic hydroxyl groups excluding tert-OH is 1. The van der Waals surface area contributed by atoms with E-state index in [0.29, 0.717) is 6.61 Å². The first-order valence-electron chi connectivity index (χ1n) is 12.1. The van der Waals surface area contributed by atoms with Crippen molar-refractivity contribution in [2.75, 3.05) is 36.6 Å². The first-order valence-corrected chi connectivity index (χ1v) is 12.1. The summed E-state index contributed by atoms with van der Waals surface area (Å²) in [6, 6.07) is 12.2. The Hall–Kier alpha value is -3.30. The van der Waals surface area contributed by atoms with Crippen molar-refractivity contribution < 1.29 is 9.84 Å². The van der Waals surface area contributed by atoms with Gasteiger partial charge in [-0.2, -0.15) is 9.61 Å². The van der Waals surface area contributed by atoms with Gasteiger partial charge in [0.1, 0.15) is 23.0 Å². The molecule has 0 saturated carbocycles. The quantitative estimate of drug-likeness (QED) is 0.469. The standard InChI is InChI=1S/C25H29N7O2/c1-16-25(28-20-9-3-2-8-19(20)26-16)21-12-23-29-22(31-10-4-7-18(31)14-33)13-24(32(23)30-21)27-17-6-5-11-34-15-17/h2-3,8-9,12-13,17-18,27,33H,4-7,10-11,14-15H2,1H3/t17-,18?/m1/s1. The maximum atomic E-state index is 9.88. The highest BCUT2D eigenvalue weighted by atomic mass is 16.5. The van der Waals surface area contributed by atoms with Crippen molar-refractivity contribution in [1.29, 1.82) is 0 Å². The Morgan fingerprint density at radius 3 is 2.74 bits per heavy atom. The maximum absolute atomic E-state index is 9.88. The lowest BCUT2D eigenvalue weighted by molar-refractivity contribution is 0.0874. The van der Waals surface area contributed by atoms with Crippen molar-refractivity contribution in [2.45, 2.75) is 44.7 Å². The molecule has 4 aromatic rings. The van der Waals surface area contributed by atoms with Gasteiger partial charge < -0.3 is 20.1 Å². The van der Waals surface area contributed by atoms with Gasteiger partial charge in [-0.25, -0.2) is 15.0 Å². The number of nitrogens with one attached hydrogen (secondary N) is 1. The molecule has 2 N–H and O–H groups in total. The van der Waals surface area contributed by atoms with E-state index in [1.54, 1.807) is 0 Å². The molecule has 5 heterocycles. The molecule has 0 radical (unpaired) electrons. The molecule has 3 aromatic heterocycles. The minimum absolute atomic E-state index is 0.0943. The molecule has 1 unspecified atom stereocenters. The summed E-state index contributed by atoms with van der Waals surface area (Å²) < 4.78 is 7.55. The van der Waals surface area contributed by atoms with E-state index in [2.05, 4.69) is 10.2 Å². The molecule has 176 valence electrons. The van der Waals surface area contributed by atoms with E-state index in [1.165, 1.54) is 0 Å².